The molecule has 4 aromatic carbocycles. The van der Waals surface area contributed by atoms with Crippen molar-refractivity contribution in [3.63, 3.8) is 0 Å². The zero-order chi connectivity index (χ0) is 38.5. The minimum atomic E-state index is -0.487. The van der Waals surface area contributed by atoms with E-state index in [4.69, 9.17) is 14.2 Å². The fourth-order valence-electron chi connectivity index (χ4n) is 7.76. The van der Waals surface area contributed by atoms with Gasteiger partial charge in [0.1, 0.15) is 0 Å². The molecule has 11 heteroatoms. The minimum Gasteiger partial charge on any atom is -0.372 e. The van der Waals surface area contributed by atoms with E-state index in [1.54, 1.807) is 17.4 Å². The van der Waals surface area contributed by atoms with Crippen LogP contribution in [0.3, 0.4) is 0 Å². The number of ether oxygens (including phenoxy) is 3. The van der Waals surface area contributed by atoms with Crippen LogP contribution < -0.4 is 15.2 Å². The maximum Gasteiger partial charge on any atom is 0.272 e. The molecule has 2 amide bonds. The highest BCUT2D eigenvalue weighted by molar-refractivity contribution is 6.09. The van der Waals surface area contributed by atoms with Gasteiger partial charge in [-0.2, -0.15) is 0 Å². The fraction of sp³-hybridized carbons (Fsp3) is 0.289. The number of para-hydroxylation sites is 3. The zero-order valence-corrected chi connectivity index (χ0v) is 31.7. The molecule has 2 unspecified atom stereocenters. The number of benzene rings is 4. The van der Waals surface area contributed by atoms with Crippen LogP contribution in [0.1, 0.15) is 47.4 Å². The molecule has 0 bridgehead atoms. The number of pyridine rings is 2. The zero-order valence-electron chi connectivity index (χ0n) is 31.7. The van der Waals surface area contributed by atoms with Crippen LogP contribution in [-0.4, -0.2) is 84.2 Å². The van der Waals surface area contributed by atoms with Crippen molar-refractivity contribution >= 4 is 50.7 Å². The molecule has 6 aromatic rings. The number of fused-ring (bicyclic) bond motifs is 2. The number of piperidine rings is 1. The molecule has 2 aromatic heterocycles. The van der Waals surface area contributed by atoms with Crippen molar-refractivity contribution in [3.05, 3.63) is 139 Å². The van der Waals surface area contributed by atoms with Crippen molar-refractivity contribution in [1.29, 1.82) is 0 Å². The molecule has 1 spiro atoms. The van der Waals surface area contributed by atoms with Crippen LogP contribution in [0.25, 0.3) is 21.8 Å². The summed E-state index contributed by atoms with van der Waals surface area (Å²) < 4.78 is 17.5. The number of carbonyl (C=O) groups excluding carboxylic acids is 2. The number of nitrogens with one attached hydrogen (secondary N) is 1. The van der Waals surface area contributed by atoms with Gasteiger partial charge in [-0.1, -0.05) is 66.7 Å². The maximum atomic E-state index is 13.5. The van der Waals surface area contributed by atoms with Gasteiger partial charge < -0.3 is 24.4 Å². The van der Waals surface area contributed by atoms with Gasteiger partial charge in [0.25, 0.3) is 11.8 Å². The molecule has 11 nitrogen and oxygen atoms in total. The third kappa shape index (κ3) is 8.26. The third-order valence-electron chi connectivity index (χ3n) is 10.4. The molecule has 286 valence electrons. The Morgan fingerprint density at radius 1 is 0.732 bits per heavy atom. The predicted molar refractivity (Wildman–Crippen MR) is 219 cm³/mol. The molecule has 0 saturated carbocycles. The molecule has 1 N–H and O–H groups in total. The Morgan fingerprint density at radius 2 is 1.32 bits per heavy atom. The molecule has 3 saturated heterocycles. The molecular weight excluding hydrogens is 705 g/mol. The van der Waals surface area contributed by atoms with Gasteiger partial charge in [0.2, 0.25) is 0 Å². The van der Waals surface area contributed by atoms with Gasteiger partial charge in [0.05, 0.1) is 65.8 Å². The van der Waals surface area contributed by atoms with Gasteiger partial charge in [0, 0.05) is 61.0 Å². The second-order valence-electron chi connectivity index (χ2n) is 14.5. The monoisotopic (exact) mass is 750 g/mol. The Balaban J connectivity index is 0.000000158. The van der Waals surface area contributed by atoms with Crippen molar-refractivity contribution in [2.24, 2.45) is 0 Å². The first kappa shape index (κ1) is 37.2. The maximum absolute atomic E-state index is 13.5. The summed E-state index contributed by atoms with van der Waals surface area (Å²) in [5, 5.41) is 8.84. The first-order valence-electron chi connectivity index (χ1n) is 19.3. The number of rotatable bonds is 6. The summed E-state index contributed by atoms with van der Waals surface area (Å²) in [6, 6.07) is 36.9. The van der Waals surface area contributed by atoms with Crippen LogP contribution in [0, 0.1) is 0 Å². The standard InChI is InChI=1S/C23H23N3O3.C22H23N3O2/c27-22(18-6-2-1-3-7-18)26(20-16-19-8-4-5-9-21(19)24-17-20)25-12-10-23(11-13-25)28-14-15-29-23;1-15-13-25(14-16(2)27-15)21-10-6-4-8-19(21)22(26)24-18-11-17-7-3-5-9-20(17)23-12-18/h1-9,16-17H,10-15H2;3-12,15-16H,13-14H2,1-2H3,(H,24,26). The van der Waals surface area contributed by atoms with Crippen LogP contribution in [-0.2, 0) is 14.2 Å². The van der Waals surface area contributed by atoms with Crippen LogP contribution in [0.4, 0.5) is 17.1 Å². The number of hydrazine groups is 1. The minimum absolute atomic E-state index is 0.0631. The number of aromatic nitrogens is 2. The Morgan fingerprint density at radius 3 is 2.02 bits per heavy atom. The second-order valence-corrected chi connectivity index (χ2v) is 14.5. The average Bonchev–Trinajstić information content (AvgIpc) is 3.69. The largest absolute Gasteiger partial charge is 0.372 e. The van der Waals surface area contributed by atoms with E-state index in [1.807, 2.05) is 115 Å². The third-order valence-corrected chi connectivity index (χ3v) is 10.4. The van der Waals surface area contributed by atoms with Crippen LogP contribution >= 0.6 is 0 Å². The lowest BCUT2D eigenvalue weighted by molar-refractivity contribution is -0.185. The van der Waals surface area contributed by atoms with Crippen LogP contribution in [0.2, 0.25) is 0 Å². The number of morpholine rings is 1. The lowest BCUT2D eigenvalue weighted by Crippen LogP contribution is -2.54. The van der Waals surface area contributed by atoms with Gasteiger partial charge in [-0.3, -0.25) is 19.6 Å². The molecule has 3 aliphatic heterocycles. The fourth-order valence-corrected chi connectivity index (χ4v) is 7.76. The van der Waals surface area contributed by atoms with E-state index in [1.165, 1.54) is 0 Å². The van der Waals surface area contributed by atoms with Crippen molar-refractivity contribution in [1.82, 2.24) is 15.0 Å². The number of nitrogens with zero attached hydrogens (tertiary/aromatic N) is 5. The quantitative estimate of drug-likeness (QED) is 0.183. The van der Waals surface area contributed by atoms with E-state index < -0.39 is 5.79 Å². The molecule has 3 fully saturated rings. The van der Waals surface area contributed by atoms with Crippen LogP contribution in [0.5, 0.6) is 0 Å². The number of anilines is 3. The summed E-state index contributed by atoms with van der Waals surface area (Å²) in [5.41, 5.74) is 5.52. The lowest BCUT2D eigenvalue weighted by Gasteiger charge is -2.42. The van der Waals surface area contributed by atoms with E-state index in [9.17, 15) is 9.59 Å². The molecule has 3 aliphatic rings. The smallest absolute Gasteiger partial charge is 0.272 e. The van der Waals surface area contributed by atoms with Gasteiger partial charge >= 0.3 is 0 Å². The van der Waals surface area contributed by atoms with Crippen molar-refractivity contribution in [2.75, 3.05) is 54.6 Å². The van der Waals surface area contributed by atoms with Crippen LogP contribution in [0.15, 0.2) is 128 Å². The number of carbonyl (C=O) groups is 2. The average molecular weight is 751 g/mol. The summed E-state index contributed by atoms with van der Waals surface area (Å²) in [7, 11) is 0. The number of amides is 2. The SMILES string of the molecule is CC1CN(c2ccccc2C(=O)Nc2cnc3ccccc3c2)CC(C)O1.O=C(c1ccccc1)N(c1cnc2ccccc2c1)N1CCC2(CC1)OCCO2. The highest BCUT2D eigenvalue weighted by Gasteiger charge is 2.42. The summed E-state index contributed by atoms with van der Waals surface area (Å²) in [6.45, 7) is 8.29. The van der Waals surface area contributed by atoms with E-state index >= 15 is 0 Å². The molecule has 0 radical (unpaired) electrons. The Bertz CT molecular complexity index is 2300. The van der Waals surface area contributed by atoms with Gasteiger partial charge in [-0.25, -0.2) is 10.0 Å². The molecule has 56 heavy (non-hydrogen) atoms. The van der Waals surface area contributed by atoms with E-state index in [2.05, 4.69) is 39.0 Å². The normalized spacial score (nSPS) is 19.4. The topological polar surface area (TPSA) is 109 Å². The molecule has 9 rings (SSSR count). The number of hydrogen-bond donors (Lipinski definition) is 1. The summed E-state index contributed by atoms with van der Waals surface area (Å²) in [5.74, 6) is -0.680. The molecule has 2 atom stereocenters. The summed E-state index contributed by atoms with van der Waals surface area (Å²) in [6.07, 6.45) is 5.20. The summed E-state index contributed by atoms with van der Waals surface area (Å²) in [4.78, 5) is 37.7. The Kier molecular flexibility index (Phi) is 11.0. The van der Waals surface area contributed by atoms with Crippen molar-refractivity contribution < 1.29 is 23.8 Å². The first-order valence-corrected chi connectivity index (χ1v) is 19.3. The summed E-state index contributed by atoms with van der Waals surface area (Å²) >= 11 is 0. The Labute approximate surface area is 326 Å². The first-order chi connectivity index (χ1) is 27.3. The lowest BCUT2D eigenvalue weighted by atomic mass is 10.0. The highest BCUT2D eigenvalue weighted by Crippen LogP contribution is 2.34. The number of hydrogen-bond acceptors (Lipinski definition) is 9. The molecule has 0 aliphatic carbocycles. The van der Waals surface area contributed by atoms with E-state index in [-0.39, 0.29) is 24.0 Å². The molecule has 5 heterocycles. The second kappa shape index (κ2) is 16.6. The molecular formula is C45H46N6O5. The van der Waals surface area contributed by atoms with Crippen molar-refractivity contribution in [2.45, 2.75) is 44.7 Å². The highest BCUT2D eigenvalue weighted by atomic mass is 16.7. The van der Waals surface area contributed by atoms with Gasteiger partial charge in [-0.05, 0) is 62.4 Å². The van der Waals surface area contributed by atoms with Gasteiger partial charge in [-0.15, -0.1) is 0 Å². The van der Waals surface area contributed by atoms with Crippen molar-refractivity contribution in [3.8, 4) is 0 Å². The van der Waals surface area contributed by atoms with E-state index in [0.717, 1.165) is 59.1 Å². The van der Waals surface area contributed by atoms with Gasteiger partial charge in [0.15, 0.2) is 5.79 Å². The van der Waals surface area contributed by atoms with E-state index in [0.29, 0.717) is 43.1 Å². The Hall–Kier alpha value is -5.72. The predicted octanol–water partition coefficient (Wildman–Crippen LogP) is 7.74.